The molecule has 0 radical (unpaired) electrons. The summed E-state index contributed by atoms with van der Waals surface area (Å²) in [7, 11) is 0. The van der Waals surface area contributed by atoms with Gasteiger partial charge in [0.1, 0.15) is 17.2 Å². The topological polar surface area (TPSA) is 74.6 Å². The second-order valence-corrected chi connectivity index (χ2v) is 5.52. The Morgan fingerprint density at radius 2 is 2.30 bits per heavy atom. The number of thiazole rings is 1. The van der Waals surface area contributed by atoms with Crippen LogP contribution < -0.4 is 5.32 Å². The van der Waals surface area contributed by atoms with Crippen LogP contribution in [-0.4, -0.2) is 21.8 Å². The monoisotopic (exact) mass is 357 g/mol. The van der Waals surface area contributed by atoms with Crippen molar-refractivity contribution in [3.05, 3.63) is 45.1 Å². The van der Waals surface area contributed by atoms with Gasteiger partial charge in [0.25, 0.3) is 5.91 Å². The van der Waals surface area contributed by atoms with Gasteiger partial charge in [0.2, 0.25) is 0 Å². The van der Waals surface area contributed by atoms with Crippen LogP contribution in [0.1, 0.15) is 23.0 Å². The van der Waals surface area contributed by atoms with Crippen LogP contribution in [0, 0.1) is 5.82 Å². The van der Waals surface area contributed by atoms with E-state index in [0.717, 1.165) is 0 Å². The van der Waals surface area contributed by atoms with Crippen molar-refractivity contribution in [1.29, 1.82) is 0 Å². The van der Waals surface area contributed by atoms with Crippen molar-refractivity contribution in [2.75, 3.05) is 5.32 Å². The normalized spacial score (nSPS) is 11.4. The van der Waals surface area contributed by atoms with Crippen molar-refractivity contribution in [3.63, 3.8) is 0 Å². The number of halogens is 2. The molecule has 0 atom stereocenters. The van der Waals surface area contributed by atoms with Gasteiger partial charge < -0.3 is 5.21 Å². The van der Waals surface area contributed by atoms with E-state index in [2.05, 4.69) is 31.4 Å². The summed E-state index contributed by atoms with van der Waals surface area (Å²) in [6.45, 7) is 1.59. The summed E-state index contributed by atoms with van der Waals surface area (Å²) in [5.41, 5.74) is 1.14. The van der Waals surface area contributed by atoms with Crippen LogP contribution >= 0.6 is 27.3 Å². The highest BCUT2D eigenvalue weighted by Crippen LogP contribution is 2.20. The minimum Gasteiger partial charge on any atom is -0.411 e. The molecule has 0 aliphatic carbocycles. The second-order valence-electron chi connectivity index (χ2n) is 3.81. The van der Waals surface area contributed by atoms with E-state index in [-0.39, 0.29) is 4.47 Å². The number of aromatic nitrogens is 1. The fourth-order valence-corrected chi connectivity index (χ4v) is 2.48. The maximum atomic E-state index is 13.1. The largest absolute Gasteiger partial charge is 0.411 e. The number of amides is 1. The lowest BCUT2D eigenvalue weighted by atomic mass is 10.2. The smallest absolute Gasteiger partial charge is 0.257 e. The van der Waals surface area contributed by atoms with Gasteiger partial charge >= 0.3 is 0 Å². The number of carbonyl (C=O) groups is 1. The Kier molecular flexibility index (Phi) is 4.46. The van der Waals surface area contributed by atoms with Gasteiger partial charge in [-0.3, -0.25) is 10.1 Å². The molecule has 0 aliphatic rings. The van der Waals surface area contributed by atoms with Crippen LogP contribution in [0.5, 0.6) is 0 Å². The zero-order valence-electron chi connectivity index (χ0n) is 10.2. The number of hydrogen-bond donors (Lipinski definition) is 2. The molecular weight excluding hydrogens is 349 g/mol. The van der Waals surface area contributed by atoms with Gasteiger partial charge in [-0.15, -0.1) is 11.3 Å². The van der Waals surface area contributed by atoms with E-state index in [1.54, 1.807) is 12.3 Å². The molecule has 1 aromatic heterocycles. The van der Waals surface area contributed by atoms with E-state index in [9.17, 15) is 9.18 Å². The highest BCUT2D eigenvalue weighted by Gasteiger charge is 2.12. The fourth-order valence-electron chi connectivity index (χ4n) is 1.36. The van der Waals surface area contributed by atoms with Crippen LogP contribution in [0.15, 0.2) is 33.2 Å². The van der Waals surface area contributed by atoms with Crippen LogP contribution in [0.25, 0.3) is 0 Å². The average Bonchev–Trinajstić information content (AvgIpc) is 2.89. The summed E-state index contributed by atoms with van der Waals surface area (Å²) in [6.07, 6.45) is 0. The summed E-state index contributed by atoms with van der Waals surface area (Å²) in [6, 6.07) is 3.97. The number of anilines is 1. The van der Waals surface area contributed by atoms with Crippen molar-refractivity contribution < 1.29 is 14.4 Å². The molecule has 0 saturated heterocycles. The molecule has 0 unspecified atom stereocenters. The molecule has 8 heteroatoms. The minimum atomic E-state index is -0.437. The van der Waals surface area contributed by atoms with Crippen LogP contribution in [0.2, 0.25) is 0 Å². The average molecular weight is 358 g/mol. The maximum Gasteiger partial charge on any atom is 0.257 e. The molecule has 20 heavy (non-hydrogen) atoms. The zero-order valence-corrected chi connectivity index (χ0v) is 12.6. The predicted molar refractivity (Wildman–Crippen MR) is 78.2 cm³/mol. The van der Waals surface area contributed by atoms with Crippen molar-refractivity contribution in [2.45, 2.75) is 6.92 Å². The number of hydrogen-bond acceptors (Lipinski definition) is 5. The van der Waals surface area contributed by atoms with Gasteiger partial charge in [0.15, 0.2) is 5.13 Å². The summed E-state index contributed by atoms with van der Waals surface area (Å²) in [5, 5.41) is 16.3. The van der Waals surface area contributed by atoms with E-state index < -0.39 is 11.7 Å². The lowest BCUT2D eigenvalue weighted by Gasteiger charge is -2.02. The summed E-state index contributed by atoms with van der Waals surface area (Å²) in [5.74, 6) is -0.835. The van der Waals surface area contributed by atoms with E-state index in [1.165, 1.54) is 29.5 Å². The lowest BCUT2D eigenvalue weighted by Crippen LogP contribution is -2.12. The Balaban J connectivity index is 2.15. The lowest BCUT2D eigenvalue weighted by molar-refractivity contribution is 0.102. The first kappa shape index (κ1) is 14.6. The maximum absolute atomic E-state index is 13.1. The van der Waals surface area contributed by atoms with Crippen LogP contribution in [0.4, 0.5) is 9.52 Å². The number of nitrogens with zero attached hydrogens (tertiary/aromatic N) is 2. The van der Waals surface area contributed by atoms with E-state index in [1.807, 2.05) is 0 Å². The third kappa shape index (κ3) is 3.20. The van der Waals surface area contributed by atoms with Crippen molar-refractivity contribution in [1.82, 2.24) is 4.98 Å². The van der Waals surface area contributed by atoms with Crippen molar-refractivity contribution in [2.24, 2.45) is 5.16 Å². The minimum absolute atomic E-state index is 0.216. The van der Waals surface area contributed by atoms with Crippen LogP contribution in [0.3, 0.4) is 0 Å². The molecule has 104 valence electrons. The SMILES string of the molecule is C/C(=N/O)c1csc(NC(=O)c2ccc(F)c(Br)c2)n1. The van der Waals surface area contributed by atoms with Gasteiger partial charge in [-0.25, -0.2) is 9.37 Å². The number of nitrogens with one attached hydrogen (secondary N) is 1. The van der Waals surface area contributed by atoms with Gasteiger partial charge in [0, 0.05) is 10.9 Å². The number of benzene rings is 1. The Morgan fingerprint density at radius 1 is 1.55 bits per heavy atom. The molecule has 0 aliphatic heterocycles. The van der Waals surface area contributed by atoms with Gasteiger partial charge in [-0.05, 0) is 41.1 Å². The van der Waals surface area contributed by atoms with Gasteiger partial charge in [-0.1, -0.05) is 5.16 Å². The standard InChI is InChI=1S/C12H9BrFN3O2S/c1-6(17-19)10-5-20-12(15-10)16-11(18)7-2-3-9(14)8(13)4-7/h2-5,19H,1H3,(H,15,16,18)/b17-6-. The van der Waals surface area contributed by atoms with E-state index in [0.29, 0.717) is 22.1 Å². The number of carbonyl (C=O) groups excluding carboxylic acids is 1. The zero-order chi connectivity index (χ0) is 14.7. The Labute approximate surface area is 126 Å². The molecule has 2 N–H and O–H groups in total. The molecular formula is C12H9BrFN3O2S. The quantitative estimate of drug-likeness (QED) is 0.501. The summed E-state index contributed by atoms with van der Waals surface area (Å²) >= 11 is 4.22. The Bertz CT molecular complexity index is 687. The first-order valence-corrected chi connectivity index (χ1v) is 7.09. The third-order valence-corrected chi connectivity index (χ3v) is 3.79. The third-order valence-electron chi connectivity index (χ3n) is 2.43. The van der Waals surface area contributed by atoms with Crippen molar-refractivity contribution >= 4 is 44.0 Å². The highest BCUT2D eigenvalue weighted by molar-refractivity contribution is 9.10. The van der Waals surface area contributed by atoms with E-state index >= 15 is 0 Å². The second kappa shape index (κ2) is 6.10. The van der Waals surface area contributed by atoms with E-state index in [4.69, 9.17) is 5.21 Å². The van der Waals surface area contributed by atoms with Crippen molar-refractivity contribution in [3.8, 4) is 0 Å². The first-order chi connectivity index (χ1) is 9.51. The Hall–Kier alpha value is -1.80. The molecule has 0 saturated carbocycles. The van der Waals surface area contributed by atoms with Crippen LogP contribution in [-0.2, 0) is 0 Å². The molecule has 2 rings (SSSR count). The highest BCUT2D eigenvalue weighted by atomic mass is 79.9. The molecule has 0 spiro atoms. The summed E-state index contributed by atoms with van der Waals surface area (Å²) < 4.78 is 13.3. The molecule has 1 amide bonds. The number of oxime groups is 1. The molecule has 1 heterocycles. The van der Waals surface area contributed by atoms with Gasteiger partial charge in [0.05, 0.1) is 4.47 Å². The predicted octanol–water partition coefficient (Wildman–Crippen LogP) is 3.50. The summed E-state index contributed by atoms with van der Waals surface area (Å²) in [4.78, 5) is 16.1. The molecule has 2 aromatic rings. The first-order valence-electron chi connectivity index (χ1n) is 5.42. The molecule has 1 aromatic carbocycles. The fraction of sp³-hybridized carbons (Fsp3) is 0.0833. The molecule has 0 bridgehead atoms. The Morgan fingerprint density at radius 3 is 2.95 bits per heavy atom. The molecule has 0 fully saturated rings. The van der Waals surface area contributed by atoms with Gasteiger partial charge in [-0.2, -0.15) is 0 Å². The number of rotatable bonds is 3. The molecule has 5 nitrogen and oxygen atoms in total.